The third kappa shape index (κ3) is 2.91. The molecule has 0 aliphatic carbocycles. The minimum absolute atomic E-state index is 0.505. The second-order valence-electron chi connectivity index (χ2n) is 7.84. The van der Waals surface area contributed by atoms with Crippen LogP contribution >= 0.6 is 23.5 Å². The van der Waals surface area contributed by atoms with E-state index in [4.69, 9.17) is 0 Å². The van der Waals surface area contributed by atoms with Crippen molar-refractivity contribution >= 4 is 23.5 Å². The van der Waals surface area contributed by atoms with Crippen LogP contribution in [-0.4, -0.2) is 48.3 Å². The van der Waals surface area contributed by atoms with E-state index in [0.29, 0.717) is 6.04 Å². The first-order valence-corrected chi connectivity index (χ1v) is 11.7. The molecule has 5 rings (SSSR count). The minimum atomic E-state index is 0.505. The zero-order valence-corrected chi connectivity index (χ0v) is 17.2. The van der Waals surface area contributed by atoms with E-state index in [1.165, 1.54) is 46.2 Å². The van der Waals surface area contributed by atoms with Gasteiger partial charge >= 0.3 is 0 Å². The lowest BCUT2D eigenvalue weighted by Crippen LogP contribution is -2.53. The molecule has 26 heavy (non-hydrogen) atoms. The van der Waals surface area contributed by atoms with Crippen LogP contribution < -0.4 is 0 Å². The van der Waals surface area contributed by atoms with E-state index in [0.717, 1.165) is 18.5 Å². The molecule has 3 unspecified atom stereocenters. The molecule has 2 nitrogen and oxygen atoms in total. The second kappa shape index (κ2) is 6.90. The largest absolute Gasteiger partial charge is 0.298 e. The number of rotatable bonds is 2. The number of nitrogens with zero attached hydrogens (tertiary/aromatic N) is 2. The maximum atomic E-state index is 2.80. The summed E-state index contributed by atoms with van der Waals surface area (Å²) in [4.78, 5) is 9.70. The van der Waals surface area contributed by atoms with Crippen molar-refractivity contribution in [1.29, 1.82) is 0 Å². The van der Waals surface area contributed by atoms with Crippen molar-refractivity contribution in [1.82, 2.24) is 9.80 Å². The van der Waals surface area contributed by atoms with Gasteiger partial charge in [0.05, 0.1) is 0 Å². The summed E-state index contributed by atoms with van der Waals surface area (Å²) in [6, 6.07) is 18.1. The average molecular weight is 383 g/mol. The van der Waals surface area contributed by atoms with Crippen molar-refractivity contribution in [2.24, 2.45) is 0 Å². The van der Waals surface area contributed by atoms with Gasteiger partial charge in [-0.2, -0.15) is 0 Å². The van der Waals surface area contributed by atoms with Crippen molar-refractivity contribution in [3.8, 4) is 0 Å². The van der Waals surface area contributed by atoms with Gasteiger partial charge in [0.1, 0.15) is 0 Å². The third-order valence-electron chi connectivity index (χ3n) is 6.50. The van der Waals surface area contributed by atoms with Crippen molar-refractivity contribution in [3.05, 3.63) is 53.6 Å². The fourth-order valence-corrected chi connectivity index (χ4v) is 6.51. The maximum Gasteiger partial charge on any atom is 0.0401 e. The molecule has 2 aromatic carbocycles. The van der Waals surface area contributed by atoms with Gasteiger partial charge in [0, 0.05) is 45.9 Å². The highest BCUT2D eigenvalue weighted by Crippen LogP contribution is 2.45. The highest BCUT2D eigenvalue weighted by Gasteiger charge is 2.40. The van der Waals surface area contributed by atoms with Crippen LogP contribution in [0, 0.1) is 0 Å². The topological polar surface area (TPSA) is 6.48 Å². The van der Waals surface area contributed by atoms with E-state index in [2.05, 4.69) is 65.6 Å². The summed E-state index contributed by atoms with van der Waals surface area (Å²) in [6.45, 7) is 2.43. The summed E-state index contributed by atoms with van der Waals surface area (Å²) in [7, 11) is 2.33. The summed E-state index contributed by atoms with van der Waals surface area (Å²) in [5.41, 5.74) is 3.05. The average Bonchev–Trinajstić information content (AvgIpc) is 2.86. The summed E-state index contributed by atoms with van der Waals surface area (Å²) in [5, 5.41) is 0. The number of benzene rings is 2. The van der Waals surface area contributed by atoms with Gasteiger partial charge in [-0.3, -0.25) is 9.80 Å². The highest BCUT2D eigenvalue weighted by molar-refractivity contribution is 7.99. The van der Waals surface area contributed by atoms with Gasteiger partial charge in [-0.15, -0.1) is 11.8 Å². The lowest BCUT2D eigenvalue weighted by molar-refractivity contribution is 0.0563. The van der Waals surface area contributed by atoms with Gasteiger partial charge in [-0.05, 0) is 68.0 Å². The van der Waals surface area contributed by atoms with E-state index in [-0.39, 0.29) is 0 Å². The highest BCUT2D eigenvalue weighted by atomic mass is 32.2. The number of thioether (sulfide) groups is 1. The first-order chi connectivity index (χ1) is 12.7. The first-order valence-electron chi connectivity index (χ1n) is 9.62. The molecule has 0 amide bonds. The minimum Gasteiger partial charge on any atom is -0.298 e. The first kappa shape index (κ1) is 17.2. The van der Waals surface area contributed by atoms with Crippen LogP contribution in [0.2, 0.25) is 0 Å². The Morgan fingerprint density at radius 2 is 1.77 bits per heavy atom. The van der Waals surface area contributed by atoms with Crippen LogP contribution in [0.25, 0.3) is 0 Å². The molecule has 3 aliphatic heterocycles. The van der Waals surface area contributed by atoms with Gasteiger partial charge in [0.2, 0.25) is 0 Å². The zero-order valence-electron chi connectivity index (χ0n) is 15.5. The molecule has 3 aliphatic rings. The Hall–Kier alpha value is -0.940. The van der Waals surface area contributed by atoms with E-state index in [1.807, 2.05) is 23.5 Å². The number of hydrogen-bond donors (Lipinski definition) is 0. The smallest absolute Gasteiger partial charge is 0.0401 e. The standard InChI is InChI=1S/C22H26N2S2/c1-23-16-7-8-17(23)14-24(13-16)20-11-15-5-3-4-6-21(15)26-22-10-9-18(25-2)12-19(20)22/h3-6,9-10,12,16-17,20H,7-8,11,13-14H2,1-2H3. The van der Waals surface area contributed by atoms with Gasteiger partial charge < -0.3 is 0 Å². The Morgan fingerprint density at radius 1 is 1.00 bits per heavy atom. The molecule has 0 spiro atoms. The van der Waals surface area contributed by atoms with Crippen LogP contribution in [0.5, 0.6) is 0 Å². The fourth-order valence-electron chi connectivity index (χ4n) is 4.94. The van der Waals surface area contributed by atoms with Crippen LogP contribution in [0.1, 0.15) is 30.0 Å². The third-order valence-corrected chi connectivity index (χ3v) is 8.43. The summed E-state index contributed by atoms with van der Waals surface area (Å²) >= 11 is 3.82. The Morgan fingerprint density at radius 3 is 2.54 bits per heavy atom. The number of piperazine rings is 1. The van der Waals surface area contributed by atoms with E-state index < -0.39 is 0 Å². The Kier molecular flexibility index (Phi) is 4.56. The van der Waals surface area contributed by atoms with Gasteiger partial charge in [-0.1, -0.05) is 30.0 Å². The Labute approximate surface area is 165 Å². The predicted molar refractivity (Wildman–Crippen MR) is 111 cm³/mol. The molecular weight excluding hydrogens is 356 g/mol. The van der Waals surface area contributed by atoms with Crippen LogP contribution in [-0.2, 0) is 6.42 Å². The molecule has 0 radical (unpaired) electrons. The van der Waals surface area contributed by atoms with Crippen molar-refractivity contribution < 1.29 is 0 Å². The second-order valence-corrected chi connectivity index (χ2v) is 9.80. The number of hydrogen-bond acceptors (Lipinski definition) is 4. The lowest BCUT2D eigenvalue weighted by atomic mass is 9.96. The Bertz CT molecular complexity index is 808. The van der Waals surface area contributed by atoms with E-state index in [9.17, 15) is 0 Å². The number of likely N-dealkylation sites (tertiary alicyclic amines) is 1. The molecule has 2 bridgehead atoms. The zero-order chi connectivity index (χ0) is 17.7. The number of likely N-dealkylation sites (N-methyl/N-ethyl adjacent to an activating group) is 1. The fraction of sp³-hybridized carbons (Fsp3) is 0.455. The SMILES string of the molecule is CSc1ccc2c(c1)C(N1CC3CCC(C1)N3C)Cc1ccccc1S2. The Balaban J connectivity index is 1.57. The molecule has 0 saturated carbocycles. The van der Waals surface area contributed by atoms with Crippen molar-refractivity contribution in [2.45, 2.75) is 52.1 Å². The number of fused-ring (bicyclic) bond motifs is 4. The quantitative estimate of drug-likeness (QED) is 0.679. The molecular formula is C22H26N2S2. The van der Waals surface area contributed by atoms with E-state index in [1.54, 1.807) is 5.56 Å². The normalized spacial score (nSPS) is 28.5. The van der Waals surface area contributed by atoms with Crippen LogP contribution in [0.4, 0.5) is 0 Å². The molecule has 3 heterocycles. The summed E-state index contributed by atoms with van der Waals surface area (Å²) < 4.78 is 0. The molecule has 2 fully saturated rings. The van der Waals surface area contributed by atoms with Crippen LogP contribution in [0.3, 0.4) is 0 Å². The lowest BCUT2D eigenvalue weighted by Gasteiger charge is -2.43. The monoisotopic (exact) mass is 382 g/mol. The predicted octanol–water partition coefficient (Wildman–Crippen LogP) is 4.94. The van der Waals surface area contributed by atoms with Gasteiger partial charge in [0.15, 0.2) is 0 Å². The molecule has 0 N–H and O–H groups in total. The van der Waals surface area contributed by atoms with Gasteiger partial charge in [-0.25, -0.2) is 0 Å². The molecule has 0 aromatic heterocycles. The van der Waals surface area contributed by atoms with Crippen molar-refractivity contribution in [2.75, 3.05) is 26.4 Å². The van der Waals surface area contributed by atoms with E-state index >= 15 is 0 Å². The van der Waals surface area contributed by atoms with Crippen LogP contribution in [0.15, 0.2) is 57.2 Å². The maximum absolute atomic E-state index is 2.80. The molecule has 2 aromatic rings. The molecule has 2 saturated heterocycles. The molecule has 136 valence electrons. The molecule has 4 heteroatoms. The summed E-state index contributed by atoms with van der Waals surface area (Å²) in [6.07, 6.45) is 6.06. The van der Waals surface area contributed by atoms with Crippen molar-refractivity contribution in [3.63, 3.8) is 0 Å². The summed E-state index contributed by atoms with van der Waals surface area (Å²) in [5.74, 6) is 0. The molecule has 3 atom stereocenters. The van der Waals surface area contributed by atoms with Gasteiger partial charge in [0.25, 0.3) is 0 Å².